The van der Waals surface area contributed by atoms with Gasteiger partial charge in [-0.1, -0.05) is 18.2 Å². The second kappa shape index (κ2) is 8.10. The van der Waals surface area contributed by atoms with Gasteiger partial charge < -0.3 is 20.7 Å². The summed E-state index contributed by atoms with van der Waals surface area (Å²) in [6, 6.07) is 11.3. The molecule has 1 amide bonds. The lowest BCUT2D eigenvalue weighted by atomic mass is 10.0. The van der Waals surface area contributed by atoms with Crippen LogP contribution < -0.4 is 20.7 Å². The molecular weight excluding hydrogens is 356 g/mol. The Morgan fingerprint density at radius 1 is 1.29 bits per heavy atom. The molecule has 8 nitrogen and oxygen atoms in total. The van der Waals surface area contributed by atoms with Gasteiger partial charge in [0.2, 0.25) is 5.95 Å². The van der Waals surface area contributed by atoms with Crippen LogP contribution >= 0.6 is 0 Å². The lowest BCUT2D eigenvalue weighted by Gasteiger charge is -2.19. The Balaban J connectivity index is 1.48. The quantitative estimate of drug-likeness (QED) is 0.568. The number of pyridine rings is 1. The number of amides is 1. The number of ether oxygens (including phenoxy) is 1. The molecule has 3 heterocycles. The van der Waals surface area contributed by atoms with Crippen LogP contribution in [0.15, 0.2) is 48.8 Å². The second-order valence-corrected chi connectivity index (χ2v) is 6.42. The Hall–Kier alpha value is -3.39. The normalized spacial score (nSPS) is 14.5. The van der Waals surface area contributed by atoms with Gasteiger partial charge >= 0.3 is 0 Å². The maximum atomic E-state index is 12.6. The van der Waals surface area contributed by atoms with Crippen LogP contribution in [0.5, 0.6) is 5.75 Å². The van der Waals surface area contributed by atoms with Gasteiger partial charge in [0.15, 0.2) is 5.65 Å². The summed E-state index contributed by atoms with van der Waals surface area (Å²) in [5, 5.41) is 13.4. The number of carbonyl (C=O) groups is 1. The topological polar surface area (TPSA) is 92.6 Å². The molecule has 3 N–H and O–H groups in total. The molecule has 8 heteroatoms. The third kappa shape index (κ3) is 3.81. The number of nitrogens with zero attached hydrogens (tertiary/aromatic N) is 3. The van der Waals surface area contributed by atoms with Crippen molar-refractivity contribution < 1.29 is 9.53 Å². The lowest BCUT2D eigenvalue weighted by Crippen LogP contribution is -2.19. The monoisotopic (exact) mass is 378 g/mol. The number of nitrogens with one attached hydrogen (secondary N) is 3. The fourth-order valence-electron chi connectivity index (χ4n) is 3.05. The molecule has 0 saturated carbocycles. The number of hydrogen-bond donors (Lipinski definition) is 3. The van der Waals surface area contributed by atoms with Gasteiger partial charge in [0.25, 0.3) is 5.91 Å². The summed E-state index contributed by atoms with van der Waals surface area (Å²) in [5.41, 5.74) is 3.21. The Morgan fingerprint density at radius 2 is 2.18 bits per heavy atom. The van der Waals surface area contributed by atoms with E-state index in [9.17, 15) is 4.79 Å². The highest BCUT2D eigenvalue weighted by atomic mass is 16.5. The summed E-state index contributed by atoms with van der Waals surface area (Å²) in [6.45, 7) is 2.14. The van der Waals surface area contributed by atoms with Gasteiger partial charge in [-0.15, -0.1) is 5.10 Å². The van der Waals surface area contributed by atoms with Crippen LogP contribution in [0.1, 0.15) is 22.3 Å². The summed E-state index contributed by atoms with van der Waals surface area (Å²) in [6.07, 6.45) is 4.25. The summed E-state index contributed by atoms with van der Waals surface area (Å²) in [7, 11) is 1.89. The maximum absolute atomic E-state index is 12.6. The number of para-hydroxylation sites is 1. The molecular formula is C20H22N6O2. The number of hydrogen-bond acceptors (Lipinski definition) is 6. The van der Waals surface area contributed by atoms with Crippen LogP contribution in [-0.4, -0.2) is 47.2 Å². The van der Waals surface area contributed by atoms with E-state index in [1.54, 1.807) is 29.0 Å². The van der Waals surface area contributed by atoms with E-state index in [-0.39, 0.29) is 5.91 Å². The first-order valence-electron chi connectivity index (χ1n) is 9.21. The standard InChI is InChI=1S/C20H22N6O2/c1-21-8-9-22-20-24-18-12-14(6-10-26(18)25-20)19(27)23-13-15-7-11-28-17-5-3-2-4-16(15)17/h2-6,10,12-13,21H,7-9,11H2,1H3,(H,22,25)(H,23,27)/b15-13+. The zero-order valence-corrected chi connectivity index (χ0v) is 15.6. The van der Waals surface area contributed by atoms with Crippen LogP contribution in [0.2, 0.25) is 0 Å². The van der Waals surface area contributed by atoms with Crippen molar-refractivity contribution in [3.8, 4) is 5.75 Å². The van der Waals surface area contributed by atoms with Crippen molar-refractivity contribution in [2.24, 2.45) is 0 Å². The largest absolute Gasteiger partial charge is 0.493 e. The van der Waals surface area contributed by atoms with Crippen molar-refractivity contribution >= 4 is 23.1 Å². The second-order valence-electron chi connectivity index (χ2n) is 6.42. The Kier molecular flexibility index (Phi) is 5.20. The fourth-order valence-corrected chi connectivity index (χ4v) is 3.05. The average Bonchev–Trinajstić information content (AvgIpc) is 3.14. The van der Waals surface area contributed by atoms with Gasteiger partial charge in [0.05, 0.1) is 6.61 Å². The van der Waals surface area contributed by atoms with Crippen LogP contribution in [0.4, 0.5) is 5.95 Å². The van der Waals surface area contributed by atoms with Crippen LogP contribution in [-0.2, 0) is 0 Å². The van der Waals surface area contributed by atoms with Crippen molar-refractivity contribution in [1.82, 2.24) is 25.2 Å². The first-order chi connectivity index (χ1) is 13.7. The van der Waals surface area contributed by atoms with E-state index >= 15 is 0 Å². The Labute approximate surface area is 162 Å². The fraction of sp³-hybridized carbons (Fsp3) is 0.250. The van der Waals surface area contributed by atoms with E-state index < -0.39 is 0 Å². The van der Waals surface area contributed by atoms with Gasteiger partial charge in [-0.25, -0.2) is 4.52 Å². The first-order valence-corrected chi connectivity index (χ1v) is 9.21. The van der Waals surface area contributed by atoms with E-state index in [1.807, 2.05) is 31.3 Å². The van der Waals surface area contributed by atoms with Crippen molar-refractivity contribution in [1.29, 1.82) is 0 Å². The molecule has 1 aliphatic rings. The van der Waals surface area contributed by atoms with Gasteiger partial charge in [-0.2, -0.15) is 4.98 Å². The molecule has 144 valence electrons. The molecule has 2 aromatic heterocycles. The highest BCUT2D eigenvalue weighted by molar-refractivity contribution is 5.96. The Bertz CT molecular complexity index is 1030. The molecule has 3 aromatic rings. The lowest BCUT2D eigenvalue weighted by molar-refractivity contribution is 0.0970. The molecule has 0 bridgehead atoms. The first kappa shape index (κ1) is 18.0. The summed E-state index contributed by atoms with van der Waals surface area (Å²) < 4.78 is 7.29. The van der Waals surface area contributed by atoms with Crippen molar-refractivity contribution in [3.63, 3.8) is 0 Å². The van der Waals surface area contributed by atoms with E-state index in [2.05, 4.69) is 26.0 Å². The molecule has 0 unspecified atom stereocenters. The molecule has 0 aliphatic carbocycles. The minimum atomic E-state index is -0.188. The van der Waals surface area contributed by atoms with Crippen LogP contribution in [0, 0.1) is 0 Å². The smallest absolute Gasteiger partial charge is 0.255 e. The average molecular weight is 378 g/mol. The maximum Gasteiger partial charge on any atom is 0.255 e. The zero-order chi connectivity index (χ0) is 19.3. The van der Waals surface area contributed by atoms with E-state index in [0.29, 0.717) is 23.8 Å². The van der Waals surface area contributed by atoms with Gasteiger partial charge in [-0.05, 0) is 30.8 Å². The molecule has 4 rings (SSSR count). The summed E-state index contributed by atoms with van der Waals surface area (Å²) in [5.74, 6) is 1.19. The Morgan fingerprint density at radius 3 is 3.07 bits per heavy atom. The number of rotatable bonds is 6. The predicted octanol–water partition coefficient (Wildman–Crippen LogP) is 1.91. The highest BCUT2D eigenvalue weighted by Crippen LogP contribution is 2.31. The van der Waals surface area contributed by atoms with Gasteiger partial charge in [0.1, 0.15) is 5.75 Å². The van der Waals surface area contributed by atoms with Gasteiger partial charge in [-0.3, -0.25) is 4.79 Å². The number of carbonyl (C=O) groups excluding carboxylic acids is 1. The van der Waals surface area contributed by atoms with Crippen molar-refractivity contribution in [3.05, 3.63) is 59.9 Å². The summed E-state index contributed by atoms with van der Waals surface area (Å²) >= 11 is 0. The third-order valence-corrected chi connectivity index (χ3v) is 4.50. The third-order valence-electron chi connectivity index (χ3n) is 4.50. The van der Waals surface area contributed by atoms with E-state index in [1.165, 1.54) is 0 Å². The van der Waals surface area contributed by atoms with Crippen molar-refractivity contribution in [2.45, 2.75) is 6.42 Å². The van der Waals surface area contributed by atoms with E-state index in [4.69, 9.17) is 4.74 Å². The molecule has 0 saturated heterocycles. The highest BCUT2D eigenvalue weighted by Gasteiger charge is 2.15. The predicted molar refractivity (Wildman–Crippen MR) is 107 cm³/mol. The number of aromatic nitrogens is 3. The number of likely N-dealkylation sites (N-methyl/N-ethyl adjacent to an activating group) is 1. The number of fused-ring (bicyclic) bond motifs is 2. The van der Waals surface area contributed by atoms with E-state index in [0.717, 1.165) is 36.4 Å². The minimum Gasteiger partial charge on any atom is -0.493 e. The number of benzene rings is 1. The molecule has 0 radical (unpaired) electrons. The molecule has 0 atom stereocenters. The number of anilines is 1. The zero-order valence-electron chi connectivity index (χ0n) is 15.6. The minimum absolute atomic E-state index is 0.188. The summed E-state index contributed by atoms with van der Waals surface area (Å²) in [4.78, 5) is 17.0. The van der Waals surface area contributed by atoms with Gasteiger partial charge in [0, 0.05) is 43.0 Å². The van der Waals surface area contributed by atoms with Crippen LogP contribution in [0.3, 0.4) is 0 Å². The molecule has 28 heavy (non-hydrogen) atoms. The molecule has 1 aromatic carbocycles. The van der Waals surface area contributed by atoms with Crippen molar-refractivity contribution in [2.75, 3.05) is 32.1 Å². The SMILES string of the molecule is CNCCNc1nc2cc(C(=O)N/C=C3\CCOc4ccccc43)ccn2n1. The molecule has 0 fully saturated rings. The van der Waals surface area contributed by atoms with Crippen LogP contribution in [0.25, 0.3) is 11.2 Å². The molecule has 0 spiro atoms. The molecule has 1 aliphatic heterocycles.